The van der Waals surface area contributed by atoms with Crippen LogP contribution in [-0.4, -0.2) is 56.7 Å². The van der Waals surface area contributed by atoms with Gasteiger partial charge in [-0.2, -0.15) is 13.2 Å². The first-order valence-corrected chi connectivity index (χ1v) is 11.9. The molecular weight excluding hydrogens is 449 g/mol. The normalized spacial score (nSPS) is 22.7. The molecule has 1 fully saturated rings. The summed E-state index contributed by atoms with van der Waals surface area (Å²) in [5.41, 5.74) is -0.629. The maximum absolute atomic E-state index is 13.8. The van der Waals surface area contributed by atoms with Crippen LogP contribution in [0, 0.1) is 11.3 Å². The Labute approximate surface area is 199 Å². The van der Waals surface area contributed by atoms with Crippen molar-refractivity contribution in [1.29, 1.82) is 0 Å². The van der Waals surface area contributed by atoms with Gasteiger partial charge in [0, 0.05) is 32.8 Å². The van der Waals surface area contributed by atoms with Crippen molar-refractivity contribution in [2.45, 2.75) is 64.7 Å². The third kappa shape index (κ3) is 5.40. The van der Waals surface area contributed by atoms with Crippen molar-refractivity contribution < 1.29 is 32.2 Å². The van der Waals surface area contributed by atoms with Crippen LogP contribution < -0.4 is 5.32 Å². The Hall–Kier alpha value is -2.13. The lowest BCUT2D eigenvalue weighted by molar-refractivity contribution is -0.145. The number of methoxy groups -OCH3 is 2. The van der Waals surface area contributed by atoms with E-state index in [1.165, 1.54) is 0 Å². The lowest BCUT2D eigenvalue weighted by atomic mass is 9.73. The topological polar surface area (TPSA) is 67.9 Å². The van der Waals surface area contributed by atoms with Crippen molar-refractivity contribution in [3.63, 3.8) is 0 Å². The van der Waals surface area contributed by atoms with E-state index in [9.17, 15) is 22.8 Å². The summed E-state index contributed by atoms with van der Waals surface area (Å²) in [5.74, 6) is -0.704. The summed E-state index contributed by atoms with van der Waals surface area (Å²) in [4.78, 5) is 27.7. The Morgan fingerprint density at radius 3 is 2.62 bits per heavy atom. The predicted molar refractivity (Wildman–Crippen MR) is 121 cm³/mol. The van der Waals surface area contributed by atoms with E-state index < -0.39 is 23.1 Å². The molecule has 1 N–H and O–H groups in total. The second kappa shape index (κ2) is 10.6. The van der Waals surface area contributed by atoms with Gasteiger partial charge in [0.1, 0.15) is 0 Å². The van der Waals surface area contributed by atoms with Crippen LogP contribution in [0.3, 0.4) is 0 Å². The first-order chi connectivity index (χ1) is 16.0. The van der Waals surface area contributed by atoms with Gasteiger partial charge in [-0.1, -0.05) is 13.8 Å². The number of ether oxygens (including phenoxy) is 2. The monoisotopic (exact) mass is 484 g/mol. The number of esters is 1. The number of hydrogen-bond acceptors (Lipinski definition) is 5. The standard InChI is InChI=1S/C25H35F3N2O4/c1-16(2)24(8-6-19(14-24)29-9-5-11-33-3)23(32)30-10-7-20-17(15-30)12-18(25(26,27)28)13-21(20)22(31)34-4/h12-13,16,19,29H,5-11,14-15H2,1-4H3/t19-,24+/m1/s1. The van der Waals surface area contributed by atoms with Crippen molar-refractivity contribution in [2.75, 3.05) is 33.9 Å². The van der Waals surface area contributed by atoms with Gasteiger partial charge < -0.3 is 19.7 Å². The number of carbonyl (C=O) groups excluding carboxylic acids is 2. The van der Waals surface area contributed by atoms with E-state index in [-0.39, 0.29) is 30.0 Å². The van der Waals surface area contributed by atoms with Crippen LogP contribution in [0.5, 0.6) is 0 Å². The number of benzene rings is 1. The molecule has 1 aromatic rings. The molecule has 0 radical (unpaired) electrons. The molecule has 2 atom stereocenters. The maximum atomic E-state index is 13.8. The van der Waals surface area contributed by atoms with Crippen molar-refractivity contribution in [3.8, 4) is 0 Å². The van der Waals surface area contributed by atoms with Crippen molar-refractivity contribution in [1.82, 2.24) is 10.2 Å². The quantitative estimate of drug-likeness (QED) is 0.443. The molecular formula is C25H35F3N2O4. The molecule has 2 aliphatic rings. The summed E-state index contributed by atoms with van der Waals surface area (Å²) in [6.45, 7) is 5.99. The molecule has 190 valence electrons. The molecule has 1 aliphatic heterocycles. The molecule has 0 bridgehead atoms. The summed E-state index contributed by atoms with van der Waals surface area (Å²) in [6.07, 6.45) is -1.07. The van der Waals surface area contributed by atoms with Gasteiger partial charge in [-0.05, 0) is 67.8 Å². The molecule has 1 heterocycles. The lowest BCUT2D eigenvalue weighted by Crippen LogP contribution is -2.48. The smallest absolute Gasteiger partial charge is 0.416 e. The zero-order chi connectivity index (χ0) is 25.1. The molecule has 9 heteroatoms. The molecule has 6 nitrogen and oxygen atoms in total. The number of rotatable bonds is 8. The number of amides is 1. The Morgan fingerprint density at radius 1 is 1.26 bits per heavy atom. The minimum atomic E-state index is -4.60. The van der Waals surface area contributed by atoms with Gasteiger partial charge in [-0.25, -0.2) is 4.79 Å². The number of alkyl halides is 3. The van der Waals surface area contributed by atoms with E-state index in [4.69, 9.17) is 9.47 Å². The van der Waals surface area contributed by atoms with Gasteiger partial charge in [0.25, 0.3) is 0 Å². The first kappa shape index (κ1) is 26.5. The molecule has 0 aromatic heterocycles. The number of fused-ring (bicyclic) bond motifs is 1. The van der Waals surface area contributed by atoms with Gasteiger partial charge in [0.2, 0.25) is 5.91 Å². The van der Waals surface area contributed by atoms with Crippen LogP contribution in [0.2, 0.25) is 0 Å². The van der Waals surface area contributed by atoms with Gasteiger partial charge in [-0.15, -0.1) is 0 Å². The van der Waals surface area contributed by atoms with E-state index in [0.29, 0.717) is 37.1 Å². The molecule has 1 saturated carbocycles. The number of nitrogens with zero attached hydrogens (tertiary/aromatic N) is 1. The molecule has 1 aromatic carbocycles. The van der Waals surface area contributed by atoms with E-state index in [1.54, 1.807) is 12.0 Å². The molecule has 34 heavy (non-hydrogen) atoms. The minimum absolute atomic E-state index is 0.00799. The van der Waals surface area contributed by atoms with Gasteiger partial charge in [-0.3, -0.25) is 4.79 Å². The third-order valence-corrected chi connectivity index (χ3v) is 7.39. The average molecular weight is 485 g/mol. The Kier molecular flexibility index (Phi) is 8.29. The molecule has 1 aliphatic carbocycles. The fourth-order valence-corrected chi connectivity index (χ4v) is 5.38. The summed E-state index contributed by atoms with van der Waals surface area (Å²) in [7, 11) is 2.82. The van der Waals surface area contributed by atoms with Gasteiger partial charge in [0.05, 0.1) is 23.7 Å². The second-order valence-electron chi connectivity index (χ2n) is 9.68. The third-order valence-electron chi connectivity index (χ3n) is 7.39. The zero-order valence-electron chi connectivity index (χ0n) is 20.4. The van der Waals surface area contributed by atoms with E-state index in [2.05, 4.69) is 5.32 Å². The fraction of sp³-hybridized carbons (Fsp3) is 0.680. The molecule has 3 rings (SSSR count). The summed E-state index contributed by atoms with van der Waals surface area (Å²) in [5, 5.41) is 3.52. The lowest BCUT2D eigenvalue weighted by Gasteiger charge is -2.40. The van der Waals surface area contributed by atoms with Crippen LogP contribution in [0.15, 0.2) is 12.1 Å². The Balaban J connectivity index is 1.83. The predicted octanol–water partition coefficient (Wildman–Crippen LogP) is 4.20. The van der Waals surface area contributed by atoms with E-state index in [1.807, 2.05) is 13.8 Å². The molecule has 0 spiro atoms. The minimum Gasteiger partial charge on any atom is -0.465 e. The van der Waals surface area contributed by atoms with Crippen LogP contribution >= 0.6 is 0 Å². The Bertz CT molecular complexity index is 903. The molecule has 0 saturated heterocycles. The molecule has 0 unspecified atom stereocenters. The second-order valence-corrected chi connectivity index (χ2v) is 9.68. The highest BCUT2D eigenvalue weighted by atomic mass is 19.4. The largest absolute Gasteiger partial charge is 0.465 e. The van der Waals surface area contributed by atoms with Crippen LogP contribution in [-0.2, 0) is 33.4 Å². The van der Waals surface area contributed by atoms with E-state index in [0.717, 1.165) is 45.0 Å². The summed E-state index contributed by atoms with van der Waals surface area (Å²) in [6, 6.07) is 2.15. The van der Waals surface area contributed by atoms with Crippen molar-refractivity contribution in [2.24, 2.45) is 11.3 Å². The number of nitrogens with one attached hydrogen (secondary N) is 1. The average Bonchev–Trinajstić information content (AvgIpc) is 3.24. The highest BCUT2D eigenvalue weighted by Crippen LogP contribution is 2.46. The van der Waals surface area contributed by atoms with Crippen LogP contribution in [0.25, 0.3) is 0 Å². The zero-order valence-corrected chi connectivity index (χ0v) is 20.4. The maximum Gasteiger partial charge on any atom is 0.416 e. The highest BCUT2D eigenvalue weighted by molar-refractivity contribution is 5.92. The Morgan fingerprint density at radius 2 is 2.00 bits per heavy atom. The highest BCUT2D eigenvalue weighted by Gasteiger charge is 2.49. The fourth-order valence-electron chi connectivity index (χ4n) is 5.38. The molecule has 1 amide bonds. The summed E-state index contributed by atoms with van der Waals surface area (Å²) < 4.78 is 50.4. The van der Waals surface area contributed by atoms with Crippen LogP contribution in [0.4, 0.5) is 13.2 Å². The van der Waals surface area contributed by atoms with Crippen LogP contribution in [0.1, 0.15) is 66.6 Å². The van der Waals surface area contributed by atoms with E-state index >= 15 is 0 Å². The van der Waals surface area contributed by atoms with Gasteiger partial charge >= 0.3 is 12.1 Å². The van der Waals surface area contributed by atoms with Crippen molar-refractivity contribution in [3.05, 3.63) is 34.4 Å². The SMILES string of the molecule is COCCCN[C@@H]1CC[C@@](C(=O)N2CCc3c(cc(C(F)(F)F)cc3C(=O)OC)C2)(C(C)C)C1. The van der Waals surface area contributed by atoms with Crippen molar-refractivity contribution >= 4 is 11.9 Å². The number of halogens is 3. The number of carbonyl (C=O) groups is 2. The van der Waals surface area contributed by atoms with Gasteiger partial charge in [0.15, 0.2) is 0 Å². The number of hydrogen-bond donors (Lipinski definition) is 1. The summed E-state index contributed by atoms with van der Waals surface area (Å²) >= 11 is 0. The first-order valence-electron chi connectivity index (χ1n) is 11.9.